The maximum absolute atomic E-state index is 10.1. The fraction of sp³-hybridized carbons (Fsp3) is 0.769. The minimum atomic E-state index is -0.810. The number of rotatable bonds is 6. The predicted octanol–water partition coefficient (Wildman–Crippen LogP) is 1.86. The summed E-state index contributed by atoms with van der Waals surface area (Å²) >= 11 is 1.59. The van der Waals surface area contributed by atoms with Crippen LogP contribution in [-0.4, -0.2) is 42.4 Å². The first-order valence-corrected chi connectivity index (χ1v) is 7.08. The Hall–Kier alpha value is -0.850. The third kappa shape index (κ3) is 3.81. The van der Waals surface area contributed by atoms with Gasteiger partial charge < -0.3 is 20.1 Å². The Morgan fingerprint density at radius 2 is 1.89 bits per heavy atom. The van der Waals surface area contributed by atoms with Gasteiger partial charge in [0.2, 0.25) is 5.88 Å². The van der Waals surface area contributed by atoms with E-state index in [-0.39, 0.29) is 0 Å². The summed E-state index contributed by atoms with van der Waals surface area (Å²) in [4.78, 5) is 7.40. The highest BCUT2D eigenvalue weighted by Gasteiger charge is 2.34. The Bertz CT molecular complexity index is 422. The number of ether oxygens (including phenoxy) is 1. The van der Waals surface area contributed by atoms with E-state index < -0.39 is 11.1 Å². The van der Waals surface area contributed by atoms with Crippen LogP contribution in [-0.2, 0) is 6.54 Å². The number of hydrogen-bond donors (Lipinski definition) is 2. The van der Waals surface area contributed by atoms with Gasteiger partial charge in [0.15, 0.2) is 5.13 Å². The lowest BCUT2D eigenvalue weighted by Gasteiger charge is -2.38. The lowest BCUT2D eigenvalue weighted by molar-refractivity contribution is -0.00528. The van der Waals surface area contributed by atoms with Crippen molar-refractivity contribution < 1.29 is 9.84 Å². The fourth-order valence-corrected chi connectivity index (χ4v) is 2.20. The topological polar surface area (TPSA) is 57.6 Å². The average Bonchev–Trinajstić information content (AvgIpc) is 2.68. The standard InChI is InChI=1S/C13H25N3O2S/c1-12(2,13(3,4)17)14-8-9-10(18-7)15-11(19-9)16(5)6/h14,17H,8H2,1-7H3. The highest BCUT2D eigenvalue weighted by atomic mass is 32.1. The van der Waals surface area contributed by atoms with E-state index in [1.54, 1.807) is 32.3 Å². The molecule has 2 N–H and O–H groups in total. The first kappa shape index (κ1) is 16.2. The highest BCUT2D eigenvalue weighted by molar-refractivity contribution is 7.15. The minimum absolute atomic E-state index is 0.402. The number of nitrogens with zero attached hydrogens (tertiary/aromatic N) is 2. The molecule has 0 saturated heterocycles. The summed E-state index contributed by atoms with van der Waals surface area (Å²) in [5.74, 6) is 0.646. The smallest absolute Gasteiger partial charge is 0.230 e. The molecule has 0 aliphatic rings. The van der Waals surface area contributed by atoms with Gasteiger partial charge in [-0.05, 0) is 27.7 Å². The van der Waals surface area contributed by atoms with Crippen LogP contribution in [0.2, 0.25) is 0 Å². The summed E-state index contributed by atoms with van der Waals surface area (Å²) in [6.07, 6.45) is 0. The van der Waals surface area contributed by atoms with Crippen LogP contribution in [0, 0.1) is 0 Å². The van der Waals surface area contributed by atoms with Gasteiger partial charge in [-0.1, -0.05) is 11.3 Å². The molecule has 0 aliphatic heterocycles. The molecule has 0 atom stereocenters. The molecule has 1 heterocycles. The summed E-state index contributed by atoms with van der Waals surface area (Å²) in [7, 11) is 5.53. The van der Waals surface area contributed by atoms with Crippen LogP contribution < -0.4 is 15.0 Å². The SMILES string of the molecule is COc1nc(N(C)C)sc1CNC(C)(C)C(C)(C)O. The van der Waals surface area contributed by atoms with Crippen molar-refractivity contribution in [1.82, 2.24) is 10.3 Å². The number of aliphatic hydroxyl groups is 1. The fourth-order valence-electron chi connectivity index (χ4n) is 1.31. The van der Waals surface area contributed by atoms with E-state index in [0.29, 0.717) is 12.4 Å². The maximum Gasteiger partial charge on any atom is 0.230 e. The lowest BCUT2D eigenvalue weighted by Crippen LogP contribution is -2.55. The van der Waals surface area contributed by atoms with Crippen molar-refractivity contribution in [3.63, 3.8) is 0 Å². The largest absolute Gasteiger partial charge is 0.480 e. The van der Waals surface area contributed by atoms with Crippen molar-refractivity contribution in [2.45, 2.75) is 45.4 Å². The second-order valence-corrected chi connectivity index (χ2v) is 6.92. The van der Waals surface area contributed by atoms with Gasteiger partial charge in [0.1, 0.15) is 0 Å². The number of anilines is 1. The summed E-state index contributed by atoms with van der Waals surface area (Å²) in [6, 6.07) is 0. The molecule has 0 saturated carbocycles. The van der Waals surface area contributed by atoms with E-state index in [9.17, 15) is 5.11 Å². The maximum atomic E-state index is 10.1. The Balaban J connectivity index is 2.83. The van der Waals surface area contributed by atoms with Crippen LogP contribution >= 0.6 is 11.3 Å². The van der Waals surface area contributed by atoms with Crippen LogP contribution in [0.5, 0.6) is 5.88 Å². The summed E-state index contributed by atoms with van der Waals surface area (Å²) in [5, 5.41) is 14.4. The number of hydrogen-bond acceptors (Lipinski definition) is 6. The van der Waals surface area contributed by atoms with E-state index in [4.69, 9.17) is 4.74 Å². The van der Waals surface area contributed by atoms with Crippen molar-refractivity contribution in [3.05, 3.63) is 4.88 Å². The van der Waals surface area contributed by atoms with Gasteiger partial charge in [0.25, 0.3) is 0 Å². The molecule has 0 unspecified atom stereocenters. The van der Waals surface area contributed by atoms with Crippen LogP contribution in [0.4, 0.5) is 5.13 Å². The second-order valence-electron chi connectivity index (χ2n) is 5.86. The lowest BCUT2D eigenvalue weighted by atomic mass is 9.86. The molecule has 0 amide bonds. The third-order valence-corrected chi connectivity index (χ3v) is 4.65. The van der Waals surface area contributed by atoms with Crippen LogP contribution in [0.1, 0.15) is 32.6 Å². The molecule has 0 radical (unpaired) electrons. The molecule has 1 rings (SSSR count). The van der Waals surface area contributed by atoms with Gasteiger partial charge >= 0.3 is 0 Å². The second kappa shape index (κ2) is 5.64. The Morgan fingerprint density at radius 1 is 1.32 bits per heavy atom. The van der Waals surface area contributed by atoms with Crippen LogP contribution in [0.15, 0.2) is 0 Å². The zero-order valence-corrected chi connectivity index (χ0v) is 13.7. The Kier molecular flexibility index (Phi) is 4.81. The Labute approximate surface area is 119 Å². The number of aromatic nitrogens is 1. The monoisotopic (exact) mass is 287 g/mol. The highest BCUT2D eigenvalue weighted by Crippen LogP contribution is 2.31. The number of nitrogens with one attached hydrogen (secondary N) is 1. The normalized spacial score (nSPS) is 12.6. The number of methoxy groups -OCH3 is 1. The van der Waals surface area contributed by atoms with Crippen LogP contribution in [0.25, 0.3) is 0 Å². The molecule has 1 aromatic rings. The quantitative estimate of drug-likeness (QED) is 0.836. The summed E-state index contributed by atoms with van der Waals surface area (Å²) < 4.78 is 5.30. The van der Waals surface area contributed by atoms with Crippen molar-refractivity contribution in [2.24, 2.45) is 0 Å². The van der Waals surface area contributed by atoms with Gasteiger partial charge in [0.05, 0.1) is 17.6 Å². The molecule has 0 aromatic carbocycles. The van der Waals surface area contributed by atoms with Gasteiger partial charge in [-0.2, -0.15) is 4.98 Å². The molecular formula is C13H25N3O2S. The first-order chi connectivity index (χ1) is 8.58. The summed E-state index contributed by atoms with van der Waals surface area (Å²) in [6.45, 7) is 8.18. The first-order valence-electron chi connectivity index (χ1n) is 6.27. The third-order valence-electron chi connectivity index (χ3n) is 3.45. The number of thiazole rings is 1. The van der Waals surface area contributed by atoms with E-state index in [1.807, 2.05) is 32.8 Å². The van der Waals surface area contributed by atoms with Crippen molar-refractivity contribution >= 4 is 16.5 Å². The molecule has 1 aromatic heterocycles. The molecule has 110 valence electrons. The Morgan fingerprint density at radius 3 is 2.32 bits per heavy atom. The molecule has 0 aliphatic carbocycles. The van der Waals surface area contributed by atoms with Crippen molar-refractivity contribution in [3.8, 4) is 5.88 Å². The zero-order valence-electron chi connectivity index (χ0n) is 12.9. The van der Waals surface area contributed by atoms with Gasteiger partial charge in [0, 0.05) is 26.2 Å². The van der Waals surface area contributed by atoms with Gasteiger partial charge in [-0.3, -0.25) is 0 Å². The molecular weight excluding hydrogens is 262 g/mol. The van der Waals surface area contributed by atoms with E-state index in [0.717, 1.165) is 10.0 Å². The molecule has 0 bridgehead atoms. The molecule has 19 heavy (non-hydrogen) atoms. The van der Waals surface area contributed by atoms with Crippen molar-refractivity contribution in [1.29, 1.82) is 0 Å². The minimum Gasteiger partial charge on any atom is -0.480 e. The molecule has 0 spiro atoms. The average molecular weight is 287 g/mol. The van der Waals surface area contributed by atoms with E-state index in [1.165, 1.54) is 0 Å². The van der Waals surface area contributed by atoms with Crippen LogP contribution in [0.3, 0.4) is 0 Å². The predicted molar refractivity (Wildman–Crippen MR) is 80.2 cm³/mol. The van der Waals surface area contributed by atoms with Gasteiger partial charge in [-0.15, -0.1) is 0 Å². The van der Waals surface area contributed by atoms with Crippen molar-refractivity contribution in [2.75, 3.05) is 26.1 Å². The zero-order chi connectivity index (χ0) is 14.8. The van der Waals surface area contributed by atoms with E-state index >= 15 is 0 Å². The summed E-state index contributed by atoms with van der Waals surface area (Å²) in [5.41, 5.74) is -1.21. The van der Waals surface area contributed by atoms with E-state index in [2.05, 4.69) is 10.3 Å². The molecule has 6 heteroatoms. The molecule has 5 nitrogen and oxygen atoms in total. The molecule has 0 fully saturated rings. The van der Waals surface area contributed by atoms with Gasteiger partial charge in [-0.25, -0.2) is 0 Å².